The first-order valence-electron chi connectivity index (χ1n) is 6.18. The Hall–Kier alpha value is -1.88. The Bertz CT molecular complexity index is 879. The van der Waals surface area contributed by atoms with Crippen molar-refractivity contribution >= 4 is 50.9 Å². The second kappa shape index (κ2) is 6.08. The van der Waals surface area contributed by atoms with Gasteiger partial charge in [-0.2, -0.15) is 0 Å². The van der Waals surface area contributed by atoms with Crippen LogP contribution in [-0.4, -0.2) is 20.3 Å². The Morgan fingerprint density at radius 2 is 1.77 bits per heavy atom. The van der Waals surface area contributed by atoms with Crippen LogP contribution in [0.15, 0.2) is 47.9 Å². The standard InChI is InChI=1S/C15H8Cl3N3O/c16-11-5-13(20-14-10(11)6-19-7-12(14)17)8-1-3-9(4-2-8)15(18)21-22/h1-7,22H/b21-15-. The summed E-state index contributed by atoms with van der Waals surface area (Å²) in [7, 11) is 0. The van der Waals surface area contributed by atoms with Gasteiger partial charge >= 0.3 is 0 Å². The molecule has 3 aromatic rings. The van der Waals surface area contributed by atoms with Crippen LogP contribution in [0.3, 0.4) is 0 Å². The third-order valence-electron chi connectivity index (χ3n) is 3.13. The molecule has 7 heteroatoms. The number of halogens is 3. The van der Waals surface area contributed by atoms with E-state index in [1.165, 1.54) is 6.20 Å². The predicted octanol–water partition coefficient (Wildman–Crippen LogP) is 4.98. The summed E-state index contributed by atoms with van der Waals surface area (Å²) in [5.41, 5.74) is 2.71. The summed E-state index contributed by atoms with van der Waals surface area (Å²) in [6, 6.07) is 8.82. The molecule has 0 atom stereocenters. The number of benzene rings is 1. The number of hydrogen-bond acceptors (Lipinski definition) is 4. The van der Waals surface area contributed by atoms with Crippen molar-refractivity contribution in [2.75, 3.05) is 0 Å². The summed E-state index contributed by atoms with van der Waals surface area (Å²) in [5, 5.41) is 13.3. The molecule has 0 aliphatic carbocycles. The lowest BCUT2D eigenvalue weighted by atomic mass is 10.1. The molecule has 0 aliphatic rings. The molecule has 0 fully saturated rings. The molecule has 110 valence electrons. The highest BCUT2D eigenvalue weighted by molar-refractivity contribution is 6.69. The Morgan fingerprint density at radius 1 is 1.05 bits per heavy atom. The van der Waals surface area contributed by atoms with E-state index in [1.807, 2.05) is 12.1 Å². The number of oxime groups is 1. The lowest BCUT2D eigenvalue weighted by molar-refractivity contribution is 0.321. The molecule has 0 bridgehead atoms. The zero-order chi connectivity index (χ0) is 15.7. The third kappa shape index (κ3) is 2.73. The van der Waals surface area contributed by atoms with Crippen molar-refractivity contribution in [2.45, 2.75) is 0 Å². The summed E-state index contributed by atoms with van der Waals surface area (Å²) in [4.78, 5) is 8.54. The van der Waals surface area contributed by atoms with Gasteiger partial charge < -0.3 is 5.21 Å². The van der Waals surface area contributed by atoms with Crippen LogP contribution in [-0.2, 0) is 0 Å². The van der Waals surface area contributed by atoms with Crippen LogP contribution >= 0.6 is 34.8 Å². The molecule has 0 spiro atoms. The molecule has 0 saturated carbocycles. The molecule has 0 saturated heterocycles. The zero-order valence-corrected chi connectivity index (χ0v) is 13.2. The van der Waals surface area contributed by atoms with Gasteiger partial charge in [-0.05, 0) is 6.07 Å². The molecule has 3 rings (SSSR count). The smallest absolute Gasteiger partial charge is 0.175 e. The van der Waals surface area contributed by atoms with Crippen LogP contribution in [0.4, 0.5) is 0 Å². The average molecular weight is 353 g/mol. The Kier molecular flexibility index (Phi) is 4.16. The molecular formula is C15H8Cl3N3O. The van der Waals surface area contributed by atoms with Crippen molar-refractivity contribution in [2.24, 2.45) is 5.16 Å². The largest absolute Gasteiger partial charge is 0.410 e. The SMILES string of the molecule is O/N=C(\Cl)c1ccc(-c2cc(Cl)c3cncc(Cl)c3n2)cc1. The van der Waals surface area contributed by atoms with Crippen LogP contribution in [0.25, 0.3) is 22.2 Å². The fourth-order valence-electron chi connectivity index (χ4n) is 2.05. The normalized spacial score (nSPS) is 11.9. The topological polar surface area (TPSA) is 58.4 Å². The van der Waals surface area contributed by atoms with Crippen molar-refractivity contribution in [1.82, 2.24) is 9.97 Å². The van der Waals surface area contributed by atoms with Gasteiger partial charge in [-0.25, -0.2) is 4.98 Å². The van der Waals surface area contributed by atoms with Gasteiger partial charge in [0.2, 0.25) is 0 Å². The van der Waals surface area contributed by atoms with Crippen LogP contribution in [0.1, 0.15) is 5.56 Å². The van der Waals surface area contributed by atoms with Gasteiger partial charge in [0.15, 0.2) is 5.17 Å². The second-order valence-corrected chi connectivity index (χ2v) is 5.65. The van der Waals surface area contributed by atoms with Gasteiger partial charge in [-0.15, -0.1) is 0 Å². The van der Waals surface area contributed by atoms with E-state index in [2.05, 4.69) is 15.1 Å². The summed E-state index contributed by atoms with van der Waals surface area (Å²) in [6.45, 7) is 0. The molecular weight excluding hydrogens is 345 g/mol. The molecule has 0 unspecified atom stereocenters. The van der Waals surface area contributed by atoms with E-state index in [-0.39, 0.29) is 5.17 Å². The van der Waals surface area contributed by atoms with Crippen molar-refractivity contribution in [1.29, 1.82) is 0 Å². The maximum Gasteiger partial charge on any atom is 0.175 e. The van der Waals surface area contributed by atoms with Crippen molar-refractivity contribution < 1.29 is 5.21 Å². The number of aromatic nitrogens is 2. The Balaban J connectivity index is 2.12. The van der Waals surface area contributed by atoms with Crippen LogP contribution in [0.2, 0.25) is 10.0 Å². The van der Waals surface area contributed by atoms with Crippen LogP contribution < -0.4 is 0 Å². The highest BCUT2D eigenvalue weighted by Crippen LogP contribution is 2.31. The fourth-order valence-corrected chi connectivity index (χ4v) is 2.62. The van der Waals surface area contributed by atoms with Crippen molar-refractivity contribution in [3.63, 3.8) is 0 Å². The van der Waals surface area contributed by atoms with Gasteiger partial charge in [0.25, 0.3) is 0 Å². The Labute approximate surface area is 141 Å². The molecule has 1 aromatic carbocycles. The second-order valence-electron chi connectivity index (χ2n) is 4.47. The van der Waals surface area contributed by atoms with E-state index in [0.717, 1.165) is 5.56 Å². The van der Waals surface area contributed by atoms with E-state index >= 15 is 0 Å². The van der Waals surface area contributed by atoms with E-state index in [9.17, 15) is 0 Å². The fraction of sp³-hybridized carbons (Fsp3) is 0. The minimum atomic E-state index is 0.0187. The van der Waals surface area contributed by atoms with Gasteiger partial charge in [0.05, 0.1) is 21.3 Å². The maximum absolute atomic E-state index is 8.67. The van der Waals surface area contributed by atoms with Gasteiger partial charge in [0.1, 0.15) is 0 Å². The number of rotatable bonds is 2. The summed E-state index contributed by atoms with van der Waals surface area (Å²) in [5.74, 6) is 0. The van der Waals surface area contributed by atoms with E-state index in [4.69, 9.17) is 40.0 Å². The molecule has 22 heavy (non-hydrogen) atoms. The van der Waals surface area contributed by atoms with Gasteiger partial charge in [-0.3, -0.25) is 4.98 Å². The van der Waals surface area contributed by atoms with Gasteiger partial charge in [-0.1, -0.05) is 64.2 Å². The molecule has 4 nitrogen and oxygen atoms in total. The minimum absolute atomic E-state index is 0.0187. The molecule has 2 heterocycles. The first-order valence-corrected chi connectivity index (χ1v) is 7.31. The Morgan fingerprint density at radius 3 is 2.45 bits per heavy atom. The molecule has 2 aromatic heterocycles. The van der Waals surface area contributed by atoms with Crippen molar-refractivity contribution in [3.8, 4) is 11.3 Å². The molecule has 0 aliphatic heterocycles. The van der Waals surface area contributed by atoms with E-state index in [1.54, 1.807) is 24.4 Å². The highest BCUT2D eigenvalue weighted by atomic mass is 35.5. The predicted molar refractivity (Wildman–Crippen MR) is 89.2 cm³/mol. The molecule has 1 N–H and O–H groups in total. The monoisotopic (exact) mass is 351 g/mol. The molecule has 0 amide bonds. The highest BCUT2D eigenvalue weighted by Gasteiger charge is 2.10. The minimum Gasteiger partial charge on any atom is -0.410 e. The molecule has 0 radical (unpaired) electrons. The van der Waals surface area contributed by atoms with Gasteiger partial charge in [0, 0.05) is 28.9 Å². The van der Waals surface area contributed by atoms with Crippen molar-refractivity contribution in [3.05, 3.63) is 58.3 Å². The number of pyridine rings is 2. The summed E-state index contributed by atoms with van der Waals surface area (Å²) >= 11 is 18.2. The summed E-state index contributed by atoms with van der Waals surface area (Å²) in [6.07, 6.45) is 3.15. The number of fused-ring (bicyclic) bond motifs is 1. The first kappa shape index (κ1) is 15.0. The van der Waals surface area contributed by atoms with Crippen LogP contribution in [0.5, 0.6) is 0 Å². The lowest BCUT2D eigenvalue weighted by Gasteiger charge is -2.07. The third-order valence-corrected chi connectivity index (χ3v) is 4.02. The lowest BCUT2D eigenvalue weighted by Crippen LogP contribution is -1.92. The number of nitrogens with zero attached hydrogens (tertiary/aromatic N) is 3. The first-order chi connectivity index (χ1) is 10.6. The number of hydrogen-bond donors (Lipinski definition) is 1. The van der Waals surface area contributed by atoms with E-state index in [0.29, 0.717) is 32.2 Å². The quantitative estimate of drug-likeness (QED) is 0.402. The van der Waals surface area contributed by atoms with Crippen LogP contribution in [0, 0.1) is 0 Å². The maximum atomic E-state index is 8.67. The average Bonchev–Trinajstić information content (AvgIpc) is 2.55. The zero-order valence-electron chi connectivity index (χ0n) is 11.0. The van der Waals surface area contributed by atoms with E-state index < -0.39 is 0 Å². The summed E-state index contributed by atoms with van der Waals surface area (Å²) < 4.78 is 0.